The van der Waals surface area contributed by atoms with Gasteiger partial charge in [-0.05, 0) is 42.5 Å². The molecular weight excluding hydrogens is 376 g/mol. The van der Waals surface area contributed by atoms with E-state index >= 15 is 0 Å². The molecule has 0 spiro atoms. The molecule has 3 heterocycles. The van der Waals surface area contributed by atoms with Crippen LogP contribution in [0, 0.1) is 0 Å². The summed E-state index contributed by atoms with van der Waals surface area (Å²) in [4.78, 5) is 38.5. The van der Waals surface area contributed by atoms with Crippen LogP contribution in [0.5, 0.6) is 0 Å². The summed E-state index contributed by atoms with van der Waals surface area (Å²) in [5.41, 5.74) is 0.688. The quantitative estimate of drug-likeness (QED) is 0.641. The van der Waals surface area contributed by atoms with Gasteiger partial charge in [-0.1, -0.05) is 6.07 Å². The third-order valence-corrected chi connectivity index (χ3v) is 4.46. The zero-order valence-corrected chi connectivity index (χ0v) is 15.3. The SMILES string of the molecule is CC(=O)Nc1cccc(N2C(=O)C(O)=C(C(=O)c3ccco3)C2c2ccco2)c1. The van der Waals surface area contributed by atoms with Gasteiger partial charge in [-0.3, -0.25) is 19.3 Å². The maximum absolute atomic E-state index is 13.0. The summed E-state index contributed by atoms with van der Waals surface area (Å²) >= 11 is 0. The molecule has 8 heteroatoms. The summed E-state index contributed by atoms with van der Waals surface area (Å²) in [6, 6.07) is 11.7. The number of amides is 2. The Morgan fingerprint density at radius 3 is 2.48 bits per heavy atom. The predicted molar refractivity (Wildman–Crippen MR) is 102 cm³/mol. The molecule has 0 bridgehead atoms. The largest absolute Gasteiger partial charge is 0.503 e. The van der Waals surface area contributed by atoms with E-state index < -0.39 is 23.5 Å². The first-order chi connectivity index (χ1) is 14.0. The molecule has 4 rings (SSSR count). The maximum atomic E-state index is 13.0. The van der Waals surface area contributed by atoms with Gasteiger partial charge in [0.1, 0.15) is 11.8 Å². The van der Waals surface area contributed by atoms with E-state index in [2.05, 4.69) is 5.32 Å². The molecule has 8 nitrogen and oxygen atoms in total. The van der Waals surface area contributed by atoms with E-state index in [0.29, 0.717) is 17.1 Å². The fourth-order valence-corrected chi connectivity index (χ4v) is 3.30. The lowest BCUT2D eigenvalue weighted by atomic mass is 9.99. The number of nitrogens with zero attached hydrogens (tertiary/aromatic N) is 1. The van der Waals surface area contributed by atoms with Crippen LogP contribution in [0.4, 0.5) is 11.4 Å². The van der Waals surface area contributed by atoms with Gasteiger partial charge in [0.15, 0.2) is 11.5 Å². The fourth-order valence-electron chi connectivity index (χ4n) is 3.30. The van der Waals surface area contributed by atoms with Crippen molar-refractivity contribution in [2.24, 2.45) is 0 Å². The molecule has 1 aliphatic rings. The maximum Gasteiger partial charge on any atom is 0.294 e. The number of hydrogen-bond acceptors (Lipinski definition) is 6. The van der Waals surface area contributed by atoms with Crippen molar-refractivity contribution >= 4 is 29.0 Å². The average Bonchev–Trinajstić information content (AvgIpc) is 3.43. The summed E-state index contributed by atoms with van der Waals surface area (Å²) in [6.45, 7) is 1.37. The summed E-state index contributed by atoms with van der Waals surface area (Å²) in [6.07, 6.45) is 2.74. The minimum absolute atomic E-state index is 0.00949. The second kappa shape index (κ2) is 7.16. The molecule has 146 valence electrons. The normalized spacial score (nSPS) is 16.4. The number of benzene rings is 1. The number of Topliss-reactive ketones (excluding diaryl/α,β-unsaturated/α-hetero) is 1. The summed E-state index contributed by atoms with van der Waals surface area (Å²) in [7, 11) is 0. The molecule has 1 atom stereocenters. The van der Waals surface area contributed by atoms with E-state index in [9.17, 15) is 19.5 Å². The minimum atomic E-state index is -0.998. The Bertz CT molecular complexity index is 1110. The zero-order valence-electron chi connectivity index (χ0n) is 15.3. The number of furan rings is 2. The number of rotatable bonds is 5. The molecule has 29 heavy (non-hydrogen) atoms. The second-order valence-corrected chi connectivity index (χ2v) is 6.39. The molecule has 0 saturated heterocycles. The number of carbonyl (C=O) groups excluding carboxylic acids is 3. The van der Waals surface area contributed by atoms with E-state index in [-0.39, 0.29) is 17.2 Å². The predicted octanol–water partition coefficient (Wildman–Crippen LogP) is 3.61. The third kappa shape index (κ3) is 3.20. The van der Waals surface area contributed by atoms with Crippen molar-refractivity contribution in [2.75, 3.05) is 10.2 Å². The molecule has 0 radical (unpaired) electrons. The van der Waals surface area contributed by atoms with Gasteiger partial charge in [0, 0.05) is 18.3 Å². The van der Waals surface area contributed by atoms with Gasteiger partial charge in [0.05, 0.1) is 18.1 Å². The fraction of sp³-hybridized carbons (Fsp3) is 0.0952. The van der Waals surface area contributed by atoms with Crippen LogP contribution in [0.2, 0.25) is 0 Å². The number of anilines is 2. The molecular formula is C21H16N2O6. The molecule has 1 aromatic carbocycles. The standard InChI is InChI=1S/C21H16N2O6/c1-12(24)22-13-5-2-6-14(11-13)23-18(15-7-3-9-28-15)17(20(26)21(23)27)19(25)16-8-4-10-29-16/h2-11,18,26H,1H3,(H,22,24). The Morgan fingerprint density at radius 2 is 1.83 bits per heavy atom. The highest BCUT2D eigenvalue weighted by Gasteiger charge is 2.46. The molecule has 2 N–H and O–H groups in total. The van der Waals surface area contributed by atoms with Gasteiger partial charge in [-0.15, -0.1) is 0 Å². The Hall–Kier alpha value is -4.07. The lowest BCUT2D eigenvalue weighted by molar-refractivity contribution is -0.117. The van der Waals surface area contributed by atoms with E-state index in [4.69, 9.17) is 8.83 Å². The lowest BCUT2D eigenvalue weighted by Gasteiger charge is -2.25. The third-order valence-electron chi connectivity index (χ3n) is 4.46. The number of nitrogens with one attached hydrogen (secondary N) is 1. The van der Waals surface area contributed by atoms with Crippen LogP contribution in [0.1, 0.15) is 29.3 Å². The topological polar surface area (TPSA) is 113 Å². The average molecular weight is 392 g/mol. The zero-order chi connectivity index (χ0) is 20.5. The van der Waals surface area contributed by atoms with Gasteiger partial charge < -0.3 is 19.3 Å². The first-order valence-electron chi connectivity index (χ1n) is 8.73. The first kappa shape index (κ1) is 18.3. The first-order valence-corrected chi connectivity index (χ1v) is 8.73. The molecule has 2 amide bonds. The van der Waals surface area contributed by atoms with Gasteiger partial charge in [-0.25, -0.2) is 0 Å². The van der Waals surface area contributed by atoms with Crippen molar-refractivity contribution in [3.8, 4) is 0 Å². The number of carbonyl (C=O) groups is 3. The van der Waals surface area contributed by atoms with Crippen LogP contribution in [0.25, 0.3) is 0 Å². The van der Waals surface area contributed by atoms with Crippen molar-refractivity contribution < 1.29 is 28.3 Å². The van der Waals surface area contributed by atoms with Crippen molar-refractivity contribution in [1.82, 2.24) is 0 Å². The smallest absolute Gasteiger partial charge is 0.294 e. The van der Waals surface area contributed by atoms with Crippen molar-refractivity contribution in [2.45, 2.75) is 13.0 Å². The van der Waals surface area contributed by atoms with Crippen LogP contribution in [-0.2, 0) is 9.59 Å². The van der Waals surface area contributed by atoms with Crippen molar-refractivity contribution in [1.29, 1.82) is 0 Å². The van der Waals surface area contributed by atoms with Crippen LogP contribution in [0.15, 0.2) is 81.2 Å². The molecule has 0 aliphatic carbocycles. The van der Waals surface area contributed by atoms with Gasteiger partial charge >= 0.3 is 0 Å². The number of hydrogen-bond donors (Lipinski definition) is 2. The number of aliphatic hydroxyl groups excluding tert-OH is 1. The van der Waals surface area contributed by atoms with Crippen molar-refractivity contribution in [3.05, 3.63) is 83.9 Å². The Kier molecular flexibility index (Phi) is 4.52. The van der Waals surface area contributed by atoms with E-state index in [1.54, 1.807) is 36.4 Å². The summed E-state index contributed by atoms with van der Waals surface area (Å²) in [5.74, 6) is -2.05. The highest BCUT2D eigenvalue weighted by atomic mass is 16.3. The lowest BCUT2D eigenvalue weighted by Crippen LogP contribution is -2.30. The van der Waals surface area contributed by atoms with Crippen LogP contribution >= 0.6 is 0 Å². The van der Waals surface area contributed by atoms with Gasteiger partial charge in [-0.2, -0.15) is 0 Å². The molecule has 0 fully saturated rings. The van der Waals surface area contributed by atoms with Crippen LogP contribution in [0.3, 0.4) is 0 Å². The Labute approximate surface area is 165 Å². The summed E-state index contributed by atoms with van der Waals surface area (Å²) in [5, 5.41) is 13.2. The monoisotopic (exact) mass is 392 g/mol. The molecule has 2 aromatic heterocycles. The Balaban J connectivity index is 1.82. The molecule has 1 aliphatic heterocycles. The second-order valence-electron chi connectivity index (χ2n) is 6.39. The molecule has 1 unspecified atom stereocenters. The van der Waals surface area contributed by atoms with Crippen LogP contribution < -0.4 is 10.2 Å². The Morgan fingerprint density at radius 1 is 1.07 bits per heavy atom. The van der Waals surface area contributed by atoms with Gasteiger partial charge in [0.25, 0.3) is 5.91 Å². The van der Waals surface area contributed by atoms with E-state index in [1.807, 2.05) is 0 Å². The molecule has 3 aromatic rings. The number of aliphatic hydroxyl groups is 1. The van der Waals surface area contributed by atoms with E-state index in [1.165, 1.54) is 36.5 Å². The number of ketones is 1. The van der Waals surface area contributed by atoms with Gasteiger partial charge in [0.2, 0.25) is 11.7 Å². The minimum Gasteiger partial charge on any atom is -0.503 e. The summed E-state index contributed by atoms with van der Waals surface area (Å²) < 4.78 is 10.6. The van der Waals surface area contributed by atoms with Crippen LogP contribution in [-0.4, -0.2) is 22.7 Å². The molecule has 0 saturated carbocycles. The van der Waals surface area contributed by atoms with Crippen molar-refractivity contribution in [3.63, 3.8) is 0 Å². The van der Waals surface area contributed by atoms with E-state index in [0.717, 1.165) is 0 Å². The highest BCUT2D eigenvalue weighted by Crippen LogP contribution is 2.42. The highest BCUT2D eigenvalue weighted by molar-refractivity contribution is 6.20.